The van der Waals surface area contributed by atoms with Crippen molar-refractivity contribution >= 4 is 15.9 Å². The molecule has 0 aliphatic rings. The van der Waals surface area contributed by atoms with E-state index >= 15 is 0 Å². The standard InChI is InChI=1S/C10H7BrF2/c1-3-7-4-8(10(2,12)13)6-9(11)5-7/h1,4-6H,2H3. The minimum absolute atomic E-state index is 0.0742. The minimum Gasteiger partial charge on any atom is -0.202 e. The van der Waals surface area contributed by atoms with Crippen molar-refractivity contribution in [1.82, 2.24) is 0 Å². The zero-order valence-corrected chi connectivity index (χ0v) is 8.53. The highest BCUT2D eigenvalue weighted by Crippen LogP contribution is 2.29. The van der Waals surface area contributed by atoms with Gasteiger partial charge in [0.1, 0.15) is 0 Å². The Kier molecular flexibility index (Phi) is 2.72. The van der Waals surface area contributed by atoms with E-state index in [0.29, 0.717) is 10.0 Å². The summed E-state index contributed by atoms with van der Waals surface area (Å²) < 4.78 is 26.3. The molecule has 0 amide bonds. The van der Waals surface area contributed by atoms with E-state index < -0.39 is 5.92 Å². The molecule has 0 N–H and O–H groups in total. The van der Waals surface area contributed by atoms with Crippen molar-refractivity contribution in [3.63, 3.8) is 0 Å². The Balaban J connectivity index is 3.26. The molecule has 0 saturated heterocycles. The van der Waals surface area contributed by atoms with E-state index in [-0.39, 0.29) is 5.56 Å². The monoisotopic (exact) mass is 244 g/mol. The zero-order valence-electron chi connectivity index (χ0n) is 6.94. The molecule has 1 rings (SSSR count). The number of alkyl halides is 2. The Morgan fingerprint density at radius 1 is 1.38 bits per heavy atom. The van der Waals surface area contributed by atoms with Crippen LogP contribution in [-0.4, -0.2) is 0 Å². The van der Waals surface area contributed by atoms with Gasteiger partial charge in [-0.1, -0.05) is 21.9 Å². The summed E-state index contributed by atoms with van der Waals surface area (Å²) in [6, 6.07) is 4.29. The first-order chi connectivity index (χ1) is 5.93. The van der Waals surface area contributed by atoms with Crippen molar-refractivity contribution in [1.29, 1.82) is 0 Å². The maximum absolute atomic E-state index is 12.9. The Bertz CT molecular complexity index is 358. The Morgan fingerprint density at radius 3 is 2.46 bits per heavy atom. The smallest absolute Gasteiger partial charge is 0.202 e. The molecule has 0 fully saturated rings. The lowest BCUT2D eigenvalue weighted by atomic mass is 10.1. The molecule has 0 unspecified atom stereocenters. The van der Waals surface area contributed by atoms with Gasteiger partial charge in [-0.2, -0.15) is 0 Å². The van der Waals surface area contributed by atoms with Crippen LogP contribution in [0.4, 0.5) is 8.78 Å². The Hall–Kier alpha value is -0.880. The summed E-state index contributed by atoms with van der Waals surface area (Å²) in [5, 5.41) is 0. The summed E-state index contributed by atoms with van der Waals surface area (Å²) in [6.07, 6.45) is 5.12. The van der Waals surface area contributed by atoms with Crippen molar-refractivity contribution in [2.75, 3.05) is 0 Å². The molecule has 0 atom stereocenters. The molecule has 0 heterocycles. The molecule has 0 aliphatic carbocycles. The zero-order chi connectivity index (χ0) is 10.1. The van der Waals surface area contributed by atoms with Gasteiger partial charge < -0.3 is 0 Å². The average Bonchev–Trinajstić information content (AvgIpc) is 2.01. The van der Waals surface area contributed by atoms with E-state index in [2.05, 4.69) is 21.9 Å². The molecule has 1 aromatic carbocycles. The van der Waals surface area contributed by atoms with Crippen LogP contribution in [0.3, 0.4) is 0 Å². The lowest BCUT2D eigenvalue weighted by Gasteiger charge is -2.11. The number of hydrogen-bond donors (Lipinski definition) is 0. The highest BCUT2D eigenvalue weighted by molar-refractivity contribution is 9.10. The van der Waals surface area contributed by atoms with Crippen LogP contribution in [0.1, 0.15) is 18.1 Å². The number of terminal acetylenes is 1. The highest BCUT2D eigenvalue weighted by atomic mass is 79.9. The van der Waals surface area contributed by atoms with Gasteiger partial charge in [0, 0.05) is 22.5 Å². The van der Waals surface area contributed by atoms with Crippen LogP contribution in [0.2, 0.25) is 0 Å². The second-order valence-corrected chi connectivity index (χ2v) is 3.68. The van der Waals surface area contributed by atoms with Crippen molar-refractivity contribution < 1.29 is 8.78 Å². The van der Waals surface area contributed by atoms with Crippen molar-refractivity contribution in [2.24, 2.45) is 0 Å². The van der Waals surface area contributed by atoms with Crippen LogP contribution in [0.25, 0.3) is 0 Å². The molecule has 68 valence electrons. The van der Waals surface area contributed by atoms with Gasteiger partial charge >= 0.3 is 0 Å². The highest BCUT2D eigenvalue weighted by Gasteiger charge is 2.24. The molecule has 1 aromatic rings. The molecule has 13 heavy (non-hydrogen) atoms. The SMILES string of the molecule is C#Cc1cc(Br)cc(C(C)(F)F)c1. The normalized spacial score (nSPS) is 11.0. The van der Waals surface area contributed by atoms with Crippen molar-refractivity contribution in [3.05, 3.63) is 33.8 Å². The molecule has 0 saturated carbocycles. The maximum Gasteiger partial charge on any atom is 0.270 e. The molecule has 0 aliphatic heterocycles. The summed E-state index contributed by atoms with van der Waals surface area (Å²) in [5.41, 5.74) is 0.376. The van der Waals surface area contributed by atoms with Gasteiger partial charge in [0.25, 0.3) is 5.92 Å². The van der Waals surface area contributed by atoms with E-state index in [1.165, 1.54) is 12.1 Å². The molecule has 0 bridgehead atoms. The van der Waals surface area contributed by atoms with Gasteiger partial charge in [-0.25, -0.2) is 8.78 Å². The Labute approximate surface area is 84.1 Å². The first kappa shape index (κ1) is 10.2. The number of hydrogen-bond acceptors (Lipinski definition) is 0. The van der Waals surface area contributed by atoms with Crippen LogP contribution in [0.5, 0.6) is 0 Å². The van der Waals surface area contributed by atoms with E-state index in [4.69, 9.17) is 6.42 Å². The predicted molar refractivity (Wildman–Crippen MR) is 51.6 cm³/mol. The third kappa shape index (κ3) is 2.53. The Morgan fingerprint density at radius 2 is 2.00 bits per heavy atom. The fourth-order valence-electron chi connectivity index (χ4n) is 0.926. The van der Waals surface area contributed by atoms with Crippen LogP contribution < -0.4 is 0 Å². The van der Waals surface area contributed by atoms with E-state index in [1.54, 1.807) is 6.07 Å². The fraction of sp³-hybridized carbons (Fsp3) is 0.200. The molecule has 0 nitrogen and oxygen atoms in total. The third-order valence-corrected chi connectivity index (χ3v) is 2.03. The molecule has 0 radical (unpaired) electrons. The van der Waals surface area contributed by atoms with Gasteiger partial charge in [-0.3, -0.25) is 0 Å². The van der Waals surface area contributed by atoms with Gasteiger partial charge in [0.2, 0.25) is 0 Å². The quantitative estimate of drug-likeness (QED) is 0.664. The second-order valence-electron chi connectivity index (χ2n) is 2.76. The number of benzene rings is 1. The molecule has 3 heteroatoms. The first-order valence-corrected chi connectivity index (χ1v) is 4.38. The van der Waals surface area contributed by atoms with Crippen LogP contribution in [0.15, 0.2) is 22.7 Å². The van der Waals surface area contributed by atoms with Crippen LogP contribution >= 0.6 is 15.9 Å². The summed E-state index contributed by atoms with van der Waals surface area (Å²) in [6.45, 7) is 0.842. The van der Waals surface area contributed by atoms with Gasteiger partial charge in [0.05, 0.1) is 0 Å². The summed E-state index contributed by atoms with van der Waals surface area (Å²) in [5.74, 6) is -0.535. The average molecular weight is 245 g/mol. The lowest BCUT2D eigenvalue weighted by molar-refractivity contribution is 0.0174. The topological polar surface area (TPSA) is 0 Å². The second kappa shape index (κ2) is 3.47. The first-order valence-electron chi connectivity index (χ1n) is 3.59. The van der Waals surface area contributed by atoms with Crippen molar-refractivity contribution in [2.45, 2.75) is 12.8 Å². The summed E-state index contributed by atoms with van der Waals surface area (Å²) in [7, 11) is 0. The predicted octanol–water partition coefficient (Wildman–Crippen LogP) is 3.54. The maximum atomic E-state index is 12.9. The van der Waals surface area contributed by atoms with Crippen LogP contribution in [-0.2, 0) is 5.92 Å². The van der Waals surface area contributed by atoms with Gasteiger partial charge in [-0.05, 0) is 18.2 Å². The van der Waals surface area contributed by atoms with Crippen LogP contribution in [0, 0.1) is 12.3 Å². The van der Waals surface area contributed by atoms with E-state index in [0.717, 1.165) is 6.92 Å². The van der Waals surface area contributed by atoms with Crippen molar-refractivity contribution in [3.8, 4) is 12.3 Å². The van der Waals surface area contributed by atoms with Gasteiger partial charge in [-0.15, -0.1) is 6.42 Å². The largest absolute Gasteiger partial charge is 0.270 e. The lowest BCUT2D eigenvalue weighted by Crippen LogP contribution is -2.07. The number of halogens is 3. The summed E-state index contributed by atoms with van der Waals surface area (Å²) >= 11 is 3.12. The molecule has 0 aromatic heterocycles. The molecule has 0 spiro atoms. The minimum atomic E-state index is -2.85. The fourth-order valence-corrected chi connectivity index (χ4v) is 1.42. The van der Waals surface area contributed by atoms with Gasteiger partial charge in [0.15, 0.2) is 0 Å². The number of rotatable bonds is 1. The third-order valence-electron chi connectivity index (χ3n) is 1.57. The summed E-state index contributed by atoms with van der Waals surface area (Å²) in [4.78, 5) is 0. The molecular formula is C10H7BrF2. The van der Waals surface area contributed by atoms with E-state index in [1.807, 2.05) is 0 Å². The molecular weight excluding hydrogens is 238 g/mol. The van der Waals surface area contributed by atoms with E-state index in [9.17, 15) is 8.78 Å².